The van der Waals surface area contributed by atoms with Crippen LogP contribution in [0.4, 0.5) is 5.69 Å². The minimum atomic E-state index is -0.146. The highest BCUT2D eigenvalue weighted by Crippen LogP contribution is 2.06. The summed E-state index contributed by atoms with van der Waals surface area (Å²) in [5.41, 5.74) is 0.566. The van der Waals surface area contributed by atoms with Crippen molar-refractivity contribution in [1.82, 2.24) is 9.97 Å². The lowest BCUT2D eigenvalue weighted by atomic mass is 10.5. The van der Waals surface area contributed by atoms with Crippen molar-refractivity contribution in [3.05, 3.63) is 12.4 Å². The Balaban J connectivity index is 0.000000921. The van der Waals surface area contributed by atoms with Gasteiger partial charge in [0.25, 0.3) is 0 Å². The van der Waals surface area contributed by atoms with Gasteiger partial charge in [0.05, 0.1) is 24.7 Å². The summed E-state index contributed by atoms with van der Waals surface area (Å²) in [5, 5.41) is 2.55. The Kier molecular flexibility index (Phi) is 6.88. The molecule has 0 saturated carbocycles. The van der Waals surface area contributed by atoms with Gasteiger partial charge in [0.1, 0.15) is 0 Å². The highest BCUT2D eigenvalue weighted by atomic mass is 16.5. The molecule has 15 heavy (non-hydrogen) atoms. The number of hydrogen-bond donors (Lipinski definition) is 1. The van der Waals surface area contributed by atoms with E-state index < -0.39 is 0 Å². The fraction of sp³-hybridized carbons (Fsp3) is 0.500. The first-order valence-corrected chi connectivity index (χ1v) is 4.94. The largest absolute Gasteiger partial charge is 0.464 e. The minimum Gasteiger partial charge on any atom is -0.464 e. The summed E-state index contributed by atoms with van der Waals surface area (Å²) < 4.78 is 5.03. The molecule has 1 heterocycles. The van der Waals surface area contributed by atoms with Gasteiger partial charge in [0.2, 0.25) is 5.91 Å². The maximum atomic E-state index is 10.6. The van der Waals surface area contributed by atoms with E-state index in [-0.39, 0.29) is 5.91 Å². The molecule has 5 nitrogen and oxygen atoms in total. The number of aromatic nitrogens is 2. The van der Waals surface area contributed by atoms with Crippen molar-refractivity contribution in [2.75, 3.05) is 11.9 Å². The molecule has 0 bridgehead atoms. The van der Waals surface area contributed by atoms with Crippen molar-refractivity contribution in [2.45, 2.75) is 27.7 Å². The van der Waals surface area contributed by atoms with E-state index in [0.717, 1.165) is 0 Å². The first kappa shape index (κ1) is 13.4. The van der Waals surface area contributed by atoms with Gasteiger partial charge in [-0.3, -0.25) is 4.79 Å². The monoisotopic (exact) mass is 211 g/mol. The number of amides is 1. The maximum Gasteiger partial charge on any atom is 0.316 e. The highest BCUT2D eigenvalue weighted by Gasteiger charge is 1.98. The normalized spacial score (nSPS) is 8.53. The van der Waals surface area contributed by atoms with Crippen LogP contribution in [0.3, 0.4) is 0 Å². The third kappa shape index (κ3) is 5.61. The molecule has 84 valence electrons. The summed E-state index contributed by atoms with van der Waals surface area (Å²) >= 11 is 0. The van der Waals surface area contributed by atoms with Gasteiger partial charge in [-0.05, 0) is 6.92 Å². The molecule has 0 aliphatic carbocycles. The molecule has 1 aromatic heterocycles. The van der Waals surface area contributed by atoms with Crippen molar-refractivity contribution in [3.63, 3.8) is 0 Å². The molecule has 0 atom stereocenters. The number of nitrogens with one attached hydrogen (secondary N) is 1. The molecule has 0 spiro atoms. The van der Waals surface area contributed by atoms with Gasteiger partial charge in [0.15, 0.2) is 0 Å². The number of carbonyl (C=O) groups is 1. The Morgan fingerprint density at radius 3 is 2.33 bits per heavy atom. The van der Waals surface area contributed by atoms with Crippen LogP contribution in [0.2, 0.25) is 0 Å². The number of carbonyl (C=O) groups excluding carboxylic acids is 1. The number of ether oxygens (including phenoxy) is 1. The van der Waals surface area contributed by atoms with E-state index in [0.29, 0.717) is 18.3 Å². The Morgan fingerprint density at radius 1 is 1.40 bits per heavy atom. The van der Waals surface area contributed by atoms with Crippen LogP contribution in [0, 0.1) is 0 Å². The van der Waals surface area contributed by atoms with E-state index in [2.05, 4.69) is 15.3 Å². The van der Waals surface area contributed by atoms with Crippen molar-refractivity contribution < 1.29 is 9.53 Å². The lowest BCUT2D eigenvalue weighted by Gasteiger charge is -2.02. The molecule has 0 radical (unpaired) electrons. The van der Waals surface area contributed by atoms with Crippen LogP contribution in [-0.2, 0) is 4.79 Å². The molecular formula is C10H17N3O2. The van der Waals surface area contributed by atoms with Crippen LogP contribution in [0.15, 0.2) is 12.4 Å². The lowest BCUT2D eigenvalue weighted by Crippen LogP contribution is -2.07. The van der Waals surface area contributed by atoms with Gasteiger partial charge in [-0.1, -0.05) is 13.8 Å². The van der Waals surface area contributed by atoms with E-state index in [1.807, 2.05) is 20.8 Å². The van der Waals surface area contributed by atoms with Crippen LogP contribution >= 0.6 is 0 Å². The molecule has 0 unspecified atom stereocenters. The van der Waals surface area contributed by atoms with Crippen molar-refractivity contribution in [3.8, 4) is 6.01 Å². The average Bonchev–Trinajstić information content (AvgIpc) is 2.24. The van der Waals surface area contributed by atoms with Crippen LogP contribution in [-0.4, -0.2) is 22.5 Å². The molecule has 0 fully saturated rings. The maximum absolute atomic E-state index is 10.6. The van der Waals surface area contributed by atoms with Gasteiger partial charge in [-0.15, -0.1) is 0 Å². The average molecular weight is 211 g/mol. The fourth-order valence-electron chi connectivity index (χ4n) is 0.788. The number of nitrogens with zero attached hydrogens (tertiary/aromatic N) is 2. The van der Waals surface area contributed by atoms with Crippen LogP contribution in [0.1, 0.15) is 27.7 Å². The van der Waals surface area contributed by atoms with Crippen molar-refractivity contribution in [1.29, 1.82) is 0 Å². The predicted octanol–water partition coefficient (Wildman–Crippen LogP) is 1.86. The Morgan fingerprint density at radius 2 is 1.93 bits per heavy atom. The molecule has 1 aromatic rings. The second-order valence-corrected chi connectivity index (χ2v) is 2.37. The predicted molar refractivity (Wildman–Crippen MR) is 58.9 cm³/mol. The zero-order valence-electron chi connectivity index (χ0n) is 9.57. The second kappa shape index (κ2) is 7.73. The molecule has 0 aromatic carbocycles. The van der Waals surface area contributed by atoms with Crippen molar-refractivity contribution >= 4 is 11.6 Å². The quantitative estimate of drug-likeness (QED) is 0.828. The van der Waals surface area contributed by atoms with Gasteiger partial charge < -0.3 is 10.1 Å². The van der Waals surface area contributed by atoms with Crippen molar-refractivity contribution in [2.24, 2.45) is 0 Å². The Bertz CT molecular complexity index is 285. The topological polar surface area (TPSA) is 64.1 Å². The summed E-state index contributed by atoms with van der Waals surface area (Å²) in [6, 6.07) is 0.316. The third-order valence-corrected chi connectivity index (χ3v) is 1.22. The molecule has 1 N–H and O–H groups in total. The van der Waals surface area contributed by atoms with Crippen LogP contribution in [0.25, 0.3) is 0 Å². The summed E-state index contributed by atoms with van der Waals surface area (Å²) in [4.78, 5) is 18.4. The third-order valence-electron chi connectivity index (χ3n) is 1.22. The van der Waals surface area contributed by atoms with Crippen LogP contribution < -0.4 is 10.1 Å². The minimum absolute atomic E-state index is 0.146. The van der Waals surface area contributed by atoms with E-state index in [4.69, 9.17) is 4.74 Å². The second-order valence-electron chi connectivity index (χ2n) is 2.37. The Labute approximate surface area is 89.9 Å². The first-order chi connectivity index (χ1) is 7.22. The fourth-order valence-corrected chi connectivity index (χ4v) is 0.788. The number of hydrogen-bond acceptors (Lipinski definition) is 4. The summed E-state index contributed by atoms with van der Waals surface area (Å²) in [5.74, 6) is -0.146. The first-order valence-electron chi connectivity index (χ1n) is 4.94. The molecule has 5 heteroatoms. The van der Waals surface area contributed by atoms with E-state index in [9.17, 15) is 4.79 Å². The number of anilines is 1. The van der Waals surface area contributed by atoms with E-state index >= 15 is 0 Å². The van der Waals surface area contributed by atoms with Gasteiger partial charge >= 0.3 is 6.01 Å². The summed E-state index contributed by atoms with van der Waals surface area (Å²) in [6.45, 7) is 7.81. The molecule has 1 rings (SSSR count). The van der Waals surface area contributed by atoms with Gasteiger partial charge in [-0.25, -0.2) is 9.97 Å². The smallest absolute Gasteiger partial charge is 0.316 e. The van der Waals surface area contributed by atoms with Gasteiger partial charge in [0, 0.05) is 6.92 Å². The molecule has 0 aliphatic rings. The summed E-state index contributed by atoms with van der Waals surface area (Å²) in [7, 11) is 0. The van der Waals surface area contributed by atoms with E-state index in [1.54, 1.807) is 0 Å². The lowest BCUT2D eigenvalue weighted by molar-refractivity contribution is -0.114. The number of rotatable bonds is 3. The SMILES string of the molecule is CC.CCOc1ncc(NC(C)=O)cn1. The zero-order chi connectivity index (χ0) is 11.7. The van der Waals surface area contributed by atoms with E-state index in [1.165, 1.54) is 19.3 Å². The molecular weight excluding hydrogens is 194 g/mol. The van der Waals surface area contributed by atoms with Gasteiger partial charge in [-0.2, -0.15) is 0 Å². The zero-order valence-corrected chi connectivity index (χ0v) is 9.57. The highest BCUT2D eigenvalue weighted by molar-refractivity contribution is 5.88. The molecule has 0 aliphatic heterocycles. The molecule has 0 saturated heterocycles. The summed E-state index contributed by atoms with van der Waals surface area (Å²) in [6.07, 6.45) is 3.00. The Hall–Kier alpha value is -1.65. The molecule has 1 amide bonds. The van der Waals surface area contributed by atoms with Crippen LogP contribution in [0.5, 0.6) is 6.01 Å². The standard InChI is InChI=1S/C8H11N3O2.C2H6/c1-3-13-8-9-4-7(5-10-8)11-6(2)12;1-2/h4-5H,3H2,1-2H3,(H,11,12);1-2H3.